The Labute approximate surface area is 130 Å². The minimum atomic E-state index is -1.01. The van der Waals surface area contributed by atoms with Gasteiger partial charge in [0.05, 0.1) is 6.42 Å². The third kappa shape index (κ3) is 6.47. The minimum absolute atomic E-state index is 0.104. The van der Waals surface area contributed by atoms with Gasteiger partial charge in [-0.1, -0.05) is 6.07 Å². The molecule has 0 bridgehead atoms. The van der Waals surface area contributed by atoms with E-state index in [1.54, 1.807) is 39.0 Å². The monoisotopic (exact) mass is 309 g/mol. The molecule has 0 spiro atoms. The number of carbonyl (C=O) groups excluding carboxylic acids is 1. The molecule has 0 unspecified atom stereocenters. The van der Waals surface area contributed by atoms with Crippen LogP contribution in [0, 0.1) is 6.92 Å². The Morgan fingerprint density at radius 2 is 1.95 bits per heavy atom. The third-order valence-electron chi connectivity index (χ3n) is 2.94. The Morgan fingerprint density at radius 3 is 2.50 bits per heavy atom. The van der Waals surface area contributed by atoms with Crippen molar-refractivity contribution in [2.24, 2.45) is 0 Å². The van der Waals surface area contributed by atoms with Crippen LogP contribution in [0.3, 0.4) is 0 Å². The summed E-state index contributed by atoms with van der Waals surface area (Å²) in [6.45, 7) is 7.06. The van der Waals surface area contributed by atoms with E-state index in [0.29, 0.717) is 6.42 Å². The molecule has 0 saturated heterocycles. The molecule has 22 heavy (non-hydrogen) atoms. The molecule has 0 aliphatic rings. The summed E-state index contributed by atoms with van der Waals surface area (Å²) in [4.78, 5) is 22.8. The van der Waals surface area contributed by atoms with E-state index in [-0.39, 0.29) is 12.2 Å². The van der Waals surface area contributed by atoms with E-state index in [4.69, 9.17) is 9.84 Å². The largest absolute Gasteiger partial charge is 0.508 e. The number of rotatable bonds is 5. The van der Waals surface area contributed by atoms with Crippen molar-refractivity contribution in [3.05, 3.63) is 29.3 Å². The Kier molecular flexibility index (Phi) is 5.79. The molecule has 1 atom stereocenters. The number of phenols is 1. The number of phenolic OH excluding ortho intramolecular Hbond substituents is 1. The van der Waals surface area contributed by atoms with Crippen molar-refractivity contribution in [1.82, 2.24) is 5.32 Å². The first-order valence-electron chi connectivity index (χ1n) is 7.06. The van der Waals surface area contributed by atoms with Gasteiger partial charge in [0.15, 0.2) is 0 Å². The zero-order chi connectivity index (χ0) is 16.9. The summed E-state index contributed by atoms with van der Waals surface area (Å²) in [6.07, 6.45) is -0.586. The molecule has 6 nitrogen and oxygen atoms in total. The van der Waals surface area contributed by atoms with E-state index in [0.717, 1.165) is 11.1 Å². The van der Waals surface area contributed by atoms with Crippen LogP contribution < -0.4 is 5.32 Å². The average molecular weight is 309 g/mol. The van der Waals surface area contributed by atoms with Gasteiger partial charge in [-0.15, -0.1) is 0 Å². The molecule has 1 rings (SSSR count). The van der Waals surface area contributed by atoms with Gasteiger partial charge in [-0.3, -0.25) is 4.79 Å². The van der Waals surface area contributed by atoms with Crippen molar-refractivity contribution in [3.63, 3.8) is 0 Å². The number of carbonyl (C=O) groups is 2. The highest BCUT2D eigenvalue weighted by atomic mass is 16.6. The summed E-state index contributed by atoms with van der Waals surface area (Å²) in [5.41, 5.74) is 1.04. The zero-order valence-electron chi connectivity index (χ0n) is 13.3. The lowest BCUT2D eigenvalue weighted by Crippen LogP contribution is -2.41. The van der Waals surface area contributed by atoms with Gasteiger partial charge in [-0.25, -0.2) is 4.79 Å². The molecule has 0 radical (unpaired) electrons. The number of nitrogens with one attached hydrogen (secondary N) is 1. The Morgan fingerprint density at radius 1 is 1.32 bits per heavy atom. The van der Waals surface area contributed by atoms with Gasteiger partial charge in [0.2, 0.25) is 0 Å². The average Bonchev–Trinajstić information content (AvgIpc) is 2.30. The summed E-state index contributed by atoms with van der Waals surface area (Å²) in [6, 6.07) is 4.26. The molecule has 0 fully saturated rings. The second-order valence-electron chi connectivity index (χ2n) is 6.26. The van der Waals surface area contributed by atoms with Gasteiger partial charge in [-0.2, -0.15) is 0 Å². The van der Waals surface area contributed by atoms with Gasteiger partial charge in [0.1, 0.15) is 11.4 Å². The number of aryl methyl sites for hydroxylation is 1. The van der Waals surface area contributed by atoms with Crippen LogP contribution in [0.15, 0.2) is 18.2 Å². The molecule has 1 aromatic rings. The number of aliphatic carboxylic acids is 1. The summed E-state index contributed by atoms with van der Waals surface area (Å²) in [7, 11) is 0. The lowest BCUT2D eigenvalue weighted by Gasteiger charge is -2.23. The Bertz CT molecular complexity index is 548. The van der Waals surface area contributed by atoms with Crippen molar-refractivity contribution in [1.29, 1.82) is 0 Å². The van der Waals surface area contributed by atoms with E-state index in [1.807, 2.05) is 6.92 Å². The number of hydrogen-bond donors (Lipinski definition) is 3. The van der Waals surface area contributed by atoms with E-state index >= 15 is 0 Å². The van der Waals surface area contributed by atoms with Crippen molar-refractivity contribution in [2.45, 2.75) is 52.2 Å². The molecular formula is C16H23NO5. The molecule has 3 N–H and O–H groups in total. The second-order valence-corrected chi connectivity index (χ2v) is 6.26. The van der Waals surface area contributed by atoms with Crippen molar-refractivity contribution in [2.75, 3.05) is 0 Å². The molecule has 0 heterocycles. The van der Waals surface area contributed by atoms with E-state index < -0.39 is 23.7 Å². The molecule has 0 aliphatic heterocycles. The molecule has 0 aliphatic carbocycles. The summed E-state index contributed by atoms with van der Waals surface area (Å²) < 4.78 is 5.15. The molecule has 122 valence electrons. The highest BCUT2D eigenvalue weighted by Crippen LogP contribution is 2.18. The number of aromatic hydroxyl groups is 1. The summed E-state index contributed by atoms with van der Waals surface area (Å²) in [5, 5.41) is 21.1. The maximum atomic E-state index is 11.8. The topological polar surface area (TPSA) is 95.9 Å². The smallest absolute Gasteiger partial charge is 0.407 e. The molecule has 0 aromatic heterocycles. The number of carboxylic acid groups (broad SMARTS) is 1. The Hall–Kier alpha value is -2.24. The SMILES string of the molecule is Cc1ccc(O)cc1C[C@@H](CC(=O)O)NC(=O)OC(C)(C)C. The van der Waals surface area contributed by atoms with Gasteiger partial charge >= 0.3 is 12.1 Å². The predicted molar refractivity (Wildman–Crippen MR) is 82.0 cm³/mol. The number of carboxylic acids is 1. The normalized spacial score (nSPS) is 12.5. The van der Waals surface area contributed by atoms with Gasteiger partial charge in [0.25, 0.3) is 0 Å². The van der Waals surface area contributed by atoms with Crippen LogP contribution in [0.4, 0.5) is 4.79 Å². The Balaban J connectivity index is 2.82. The van der Waals surface area contributed by atoms with Crippen LogP contribution in [0.2, 0.25) is 0 Å². The minimum Gasteiger partial charge on any atom is -0.508 e. The first-order chi connectivity index (χ1) is 10.1. The summed E-state index contributed by atoms with van der Waals surface area (Å²) in [5.74, 6) is -0.911. The lowest BCUT2D eigenvalue weighted by molar-refractivity contribution is -0.137. The van der Waals surface area contributed by atoms with Gasteiger partial charge in [0, 0.05) is 6.04 Å². The lowest BCUT2D eigenvalue weighted by atomic mass is 9.99. The highest BCUT2D eigenvalue weighted by Gasteiger charge is 2.22. The van der Waals surface area contributed by atoms with Crippen LogP contribution in [-0.2, 0) is 16.0 Å². The number of hydrogen-bond acceptors (Lipinski definition) is 4. The first-order valence-corrected chi connectivity index (χ1v) is 7.06. The highest BCUT2D eigenvalue weighted by molar-refractivity contribution is 5.71. The maximum Gasteiger partial charge on any atom is 0.407 e. The van der Waals surface area contributed by atoms with Crippen molar-refractivity contribution < 1.29 is 24.5 Å². The van der Waals surface area contributed by atoms with Crippen molar-refractivity contribution in [3.8, 4) is 5.75 Å². The van der Waals surface area contributed by atoms with Crippen LogP contribution in [0.5, 0.6) is 5.75 Å². The fourth-order valence-electron chi connectivity index (χ4n) is 2.00. The maximum absolute atomic E-state index is 11.8. The van der Waals surface area contributed by atoms with Crippen molar-refractivity contribution >= 4 is 12.1 Å². The molecule has 6 heteroatoms. The number of benzene rings is 1. The van der Waals surface area contributed by atoms with Gasteiger partial charge in [-0.05, 0) is 57.4 Å². The van der Waals surface area contributed by atoms with Crippen LogP contribution >= 0.6 is 0 Å². The van der Waals surface area contributed by atoms with E-state index in [9.17, 15) is 14.7 Å². The molecule has 0 saturated carbocycles. The van der Waals surface area contributed by atoms with Crippen LogP contribution in [0.25, 0.3) is 0 Å². The van der Waals surface area contributed by atoms with Crippen LogP contribution in [-0.4, -0.2) is 33.9 Å². The molecule has 1 aromatic carbocycles. The molecule has 1 amide bonds. The standard InChI is InChI=1S/C16H23NO5/c1-10-5-6-13(18)8-11(10)7-12(9-14(19)20)17-15(21)22-16(2,3)4/h5-6,8,12,18H,7,9H2,1-4H3,(H,17,21)(H,19,20)/t12-/m0/s1. The number of amides is 1. The zero-order valence-corrected chi connectivity index (χ0v) is 13.3. The third-order valence-corrected chi connectivity index (χ3v) is 2.94. The summed E-state index contributed by atoms with van der Waals surface area (Å²) >= 11 is 0. The number of ether oxygens (including phenoxy) is 1. The van der Waals surface area contributed by atoms with Crippen LogP contribution in [0.1, 0.15) is 38.3 Å². The van der Waals surface area contributed by atoms with E-state index in [1.165, 1.54) is 0 Å². The first kappa shape index (κ1) is 17.8. The molecular weight excluding hydrogens is 286 g/mol. The predicted octanol–water partition coefficient (Wildman–Crippen LogP) is 2.61. The fourth-order valence-corrected chi connectivity index (χ4v) is 2.00. The second kappa shape index (κ2) is 7.15. The number of alkyl carbamates (subject to hydrolysis) is 1. The van der Waals surface area contributed by atoms with E-state index in [2.05, 4.69) is 5.32 Å². The fraction of sp³-hybridized carbons (Fsp3) is 0.500. The van der Waals surface area contributed by atoms with Gasteiger partial charge < -0.3 is 20.3 Å². The quantitative estimate of drug-likeness (QED) is 0.777.